The first kappa shape index (κ1) is 14.4. The number of alkyl halides is 2. The van der Waals surface area contributed by atoms with E-state index in [4.69, 9.17) is 0 Å². The van der Waals surface area contributed by atoms with Crippen molar-refractivity contribution in [2.45, 2.75) is 26.0 Å². The van der Waals surface area contributed by atoms with Gasteiger partial charge in [0.2, 0.25) is 0 Å². The number of benzene rings is 1. The fourth-order valence-corrected chi connectivity index (χ4v) is 1.62. The Labute approximate surface area is 104 Å². The quantitative estimate of drug-likeness (QED) is 0.822. The average Bonchev–Trinajstić information content (AvgIpc) is 2.29. The van der Waals surface area contributed by atoms with Crippen LogP contribution in [-0.2, 0) is 10.3 Å². The van der Waals surface area contributed by atoms with Crippen LogP contribution in [0.4, 0.5) is 8.78 Å². The average molecular weight is 259 g/mol. The fourth-order valence-electron chi connectivity index (χ4n) is 1.62. The van der Waals surface area contributed by atoms with Gasteiger partial charge in [-0.2, -0.15) is 8.78 Å². The van der Waals surface area contributed by atoms with Crippen LogP contribution in [-0.4, -0.2) is 24.2 Å². The van der Waals surface area contributed by atoms with Gasteiger partial charge in [0.1, 0.15) is 11.3 Å². The lowest BCUT2D eigenvalue weighted by atomic mass is 9.92. The van der Waals surface area contributed by atoms with Crippen LogP contribution in [0.15, 0.2) is 24.3 Å². The lowest BCUT2D eigenvalue weighted by Gasteiger charge is -2.26. The normalized spacial score (nSPS) is 14.3. The van der Waals surface area contributed by atoms with Crippen molar-refractivity contribution in [3.8, 4) is 5.75 Å². The zero-order chi connectivity index (χ0) is 13.8. The van der Waals surface area contributed by atoms with Crippen molar-refractivity contribution in [2.24, 2.45) is 0 Å². The molecule has 0 aromatic heterocycles. The number of halogens is 2. The number of hydrogen-bond donors (Lipinski definition) is 2. The van der Waals surface area contributed by atoms with Crippen LogP contribution >= 0.6 is 0 Å². The van der Waals surface area contributed by atoms with Crippen molar-refractivity contribution in [1.82, 2.24) is 5.32 Å². The summed E-state index contributed by atoms with van der Waals surface area (Å²) in [7, 11) is 0. The van der Waals surface area contributed by atoms with Crippen LogP contribution in [0.25, 0.3) is 0 Å². The summed E-state index contributed by atoms with van der Waals surface area (Å²) in [5.74, 6) is -1.04. The van der Waals surface area contributed by atoms with Gasteiger partial charge < -0.3 is 9.84 Å². The maximum absolute atomic E-state index is 12.0. The van der Waals surface area contributed by atoms with E-state index in [0.717, 1.165) is 0 Å². The van der Waals surface area contributed by atoms with Crippen molar-refractivity contribution in [1.29, 1.82) is 0 Å². The number of ether oxygens (including phenoxy) is 1. The second kappa shape index (κ2) is 5.77. The molecule has 100 valence electrons. The molecule has 1 rings (SSSR count). The van der Waals surface area contributed by atoms with Gasteiger partial charge in [0, 0.05) is 0 Å². The zero-order valence-corrected chi connectivity index (χ0v) is 10.1. The summed E-state index contributed by atoms with van der Waals surface area (Å²) in [5, 5.41) is 12.1. The molecule has 0 saturated carbocycles. The Bertz CT molecular complexity index is 408. The van der Waals surface area contributed by atoms with E-state index in [9.17, 15) is 18.7 Å². The summed E-state index contributed by atoms with van der Waals surface area (Å²) >= 11 is 0. The molecular weight excluding hydrogens is 244 g/mol. The van der Waals surface area contributed by atoms with E-state index in [1.54, 1.807) is 6.92 Å². The summed E-state index contributed by atoms with van der Waals surface area (Å²) in [6, 6.07) is 5.54. The van der Waals surface area contributed by atoms with Crippen LogP contribution in [0, 0.1) is 0 Å². The van der Waals surface area contributed by atoms with E-state index in [1.807, 2.05) is 0 Å². The van der Waals surface area contributed by atoms with E-state index in [2.05, 4.69) is 10.1 Å². The minimum atomic E-state index is -2.89. The summed E-state index contributed by atoms with van der Waals surface area (Å²) in [6.45, 7) is 0.880. The van der Waals surface area contributed by atoms with E-state index in [-0.39, 0.29) is 5.75 Å². The van der Waals surface area contributed by atoms with Gasteiger partial charge in [-0.25, -0.2) is 4.79 Å². The molecule has 1 aromatic carbocycles. The molecule has 6 heteroatoms. The van der Waals surface area contributed by atoms with Crippen molar-refractivity contribution in [3.05, 3.63) is 29.8 Å². The highest BCUT2D eigenvalue weighted by molar-refractivity contribution is 5.80. The third kappa shape index (κ3) is 3.16. The maximum Gasteiger partial charge on any atom is 0.387 e. The van der Waals surface area contributed by atoms with E-state index < -0.39 is 18.1 Å². The molecule has 0 amide bonds. The Morgan fingerprint density at radius 1 is 1.44 bits per heavy atom. The largest absolute Gasteiger partial charge is 0.480 e. The van der Waals surface area contributed by atoms with Crippen molar-refractivity contribution in [2.75, 3.05) is 6.54 Å². The van der Waals surface area contributed by atoms with Crippen molar-refractivity contribution >= 4 is 5.97 Å². The molecule has 0 bridgehead atoms. The molecule has 0 fully saturated rings. The molecule has 0 heterocycles. The number of rotatable bonds is 6. The third-order valence-corrected chi connectivity index (χ3v) is 2.61. The topological polar surface area (TPSA) is 58.6 Å². The van der Waals surface area contributed by atoms with Gasteiger partial charge in [0.25, 0.3) is 0 Å². The van der Waals surface area contributed by atoms with Gasteiger partial charge in [0.05, 0.1) is 0 Å². The van der Waals surface area contributed by atoms with Crippen LogP contribution in [0.1, 0.15) is 19.4 Å². The zero-order valence-electron chi connectivity index (χ0n) is 10.1. The molecular formula is C12H15F2NO3. The Hall–Kier alpha value is -1.69. The molecule has 0 aliphatic rings. The molecule has 4 nitrogen and oxygen atoms in total. The highest BCUT2D eigenvalue weighted by Gasteiger charge is 2.34. The lowest BCUT2D eigenvalue weighted by Crippen LogP contribution is -2.46. The van der Waals surface area contributed by atoms with E-state index in [1.165, 1.54) is 31.2 Å². The Balaban J connectivity index is 2.97. The van der Waals surface area contributed by atoms with E-state index in [0.29, 0.717) is 12.1 Å². The highest BCUT2D eigenvalue weighted by Crippen LogP contribution is 2.24. The Kier molecular flexibility index (Phi) is 4.61. The first-order valence-electron chi connectivity index (χ1n) is 5.44. The van der Waals surface area contributed by atoms with Crippen molar-refractivity contribution < 1.29 is 23.4 Å². The maximum atomic E-state index is 12.0. The first-order chi connectivity index (χ1) is 8.40. The van der Waals surface area contributed by atoms with Gasteiger partial charge in [0.15, 0.2) is 0 Å². The third-order valence-electron chi connectivity index (χ3n) is 2.61. The lowest BCUT2D eigenvalue weighted by molar-refractivity contribution is -0.144. The van der Waals surface area contributed by atoms with Crippen LogP contribution < -0.4 is 10.1 Å². The summed E-state index contributed by atoms with van der Waals surface area (Å²) in [4.78, 5) is 11.3. The van der Waals surface area contributed by atoms with Crippen molar-refractivity contribution in [3.63, 3.8) is 0 Å². The minimum absolute atomic E-state index is 0.00186. The highest BCUT2D eigenvalue weighted by atomic mass is 19.3. The van der Waals surface area contributed by atoms with Gasteiger partial charge in [-0.05, 0) is 31.2 Å². The monoisotopic (exact) mass is 259 g/mol. The molecule has 1 aromatic rings. The number of likely N-dealkylation sites (N-methyl/N-ethyl adjacent to an activating group) is 1. The van der Waals surface area contributed by atoms with E-state index >= 15 is 0 Å². The van der Waals surface area contributed by atoms with Gasteiger partial charge in [-0.3, -0.25) is 5.32 Å². The van der Waals surface area contributed by atoms with Crippen LogP contribution in [0.5, 0.6) is 5.75 Å². The predicted octanol–water partition coefficient (Wildman–Crippen LogP) is 2.20. The summed E-state index contributed by atoms with van der Waals surface area (Å²) < 4.78 is 28.2. The number of carbonyl (C=O) groups is 1. The van der Waals surface area contributed by atoms with Gasteiger partial charge in [-0.1, -0.05) is 19.1 Å². The number of carboxylic acids is 1. The van der Waals surface area contributed by atoms with Gasteiger partial charge >= 0.3 is 12.6 Å². The molecule has 1 unspecified atom stereocenters. The Morgan fingerprint density at radius 2 is 2.00 bits per heavy atom. The van der Waals surface area contributed by atoms with Crippen LogP contribution in [0.2, 0.25) is 0 Å². The smallest absolute Gasteiger partial charge is 0.387 e. The van der Waals surface area contributed by atoms with Crippen LogP contribution in [0.3, 0.4) is 0 Å². The number of carboxylic acid groups (broad SMARTS) is 1. The predicted molar refractivity (Wildman–Crippen MR) is 61.7 cm³/mol. The fraction of sp³-hybridized carbons (Fsp3) is 0.417. The molecule has 18 heavy (non-hydrogen) atoms. The second-order valence-corrected chi connectivity index (χ2v) is 3.86. The first-order valence-corrected chi connectivity index (χ1v) is 5.44. The molecule has 0 radical (unpaired) electrons. The molecule has 2 N–H and O–H groups in total. The second-order valence-electron chi connectivity index (χ2n) is 3.86. The molecule has 0 aliphatic carbocycles. The Morgan fingerprint density at radius 3 is 2.39 bits per heavy atom. The summed E-state index contributed by atoms with van der Waals surface area (Å²) in [6.07, 6.45) is 0. The number of hydrogen-bond acceptors (Lipinski definition) is 3. The minimum Gasteiger partial charge on any atom is -0.480 e. The molecule has 0 saturated heterocycles. The molecule has 0 aliphatic heterocycles. The SMILES string of the molecule is CCNC(C)(C(=O)O)c1ccc(OC(F)F)cc1. The number of nitrogens with one attached hydrogen (secondary N) is 1. The van der Waals surface area contributed by atoms with Gasteiger partial charge in [-0.15, -0.1) is 0 Å². The molecule has 1 atom stereocenters. The summed E-state index contributed by atoms with van der Waals surface area (Å²) in [5.41, 5.74) is -0.781. The number of aliphatic carboxylic acids is 1. The molecule has 0 spiro atoms. The standard InChI is InChI=1S/C12H15F2NO3/c1-3-15-12(2,10(16)17)8-4-6-9(7-5-8)18-11(13)14/h4-7,11,15H,3H2,1-2H3,(H,16,17).